The number of nitrogens with zero attached hydrogens (tertiary/aromatic N) is 1. The molecule has 1 aromatic rings. The molecule has 1 unspecified atom stereocenters. The summed E-state index contributed by atoms with van der Waals surface area (Å²) in [6.07, 6.45) is 1.52. The minimum Gasteiger partial charge on any atom is -0.480 e. The lowest BCUT2D eigenvalue weighted by Gasteiger charge is -2.29. The Labute approximate surface area is 104 Å². The SMILES string of the molecule is CC1(C(=O)O)CCCN1Sc1ccc(F)cc1. The van der Waals surface area contributed by atoms with Gasteiger partial charge in [-0.1, -0.05) is 0 Å². The summed E-state index contributed by atoms with van der Waals surface area (Å²) in [5.41, 5.74) is -0.820. The van der Waals surface area contributed by atoms with E-state index >= 15 is 0 Å². The number of carboxylic acids is 1. The Balaban J connectivity index is 2.13. The second kappa shape index (κ2) is 4.66. The molecule has 5 heteroatoms. The summed E-state index contributed by atoms with van der Waals surface area (Å²) < 4.78 is 14.6. The fourth-order valence-electron chi connectivity index (χ4n) is 1.92. The molecule has 0 spiro atoms. The molecule has 1 aliphatic heterocycles. The predicted molar refractivity (Wildman–Crippen MR) is 64.2 cm³/mol. The van der Waals surface area contributed by atoms with Gasteiger partial charge < -0.3 is 5.11 Å². The number of benzene rings is 1. The smallest absolute Gasteiger partial charge is 0.324 e. The highest BCUT2D eigenvalue weighted by Gasteiger charge is 2.44. The van der Waals surface area contributed by atoms with Crippen molar-refractivity contribution < 1.29 is 14.3 Å². The molecular weight excluding hydrogens is 241 g/mol. The lowest BCUT2D eigenvalue weighted by molar-refractivity contribution is -0.145. The van der Waals surface area contributed by atoms with Gasteiger partial charge >= 0.3 is 5.97 Å². The Morgan fingerprint density at radius 3 is 2.71 bits per heavy atom. The van der Waals surface area contributed by atoms with Gasteiger partial charge in [0.25, 0.3) is 0 Å². The monoisotopic (exact) mass is 255 g/mol. The van der Waals surface area contributed by atoms with Crippen molar-refractivity contribution in [3.05, 3.63) is 30.1 Å². The van der Waals surface area contributed by atoms with Crippen LogP contribution in [0.3, 0.4) is 0 Å². The fourth-order valence-corrected chi connectivity index (χ4v) is 3.02. The summed E-state index contributed by atoms with van der Waals surface area (Å²) in [4.78, 5) is 12.1. The standard InChI is InChI=1S/C12H14FNO2S/c1-12(11(15)16)7-2-8-14(12)17-10-5-3-9(13)4-6-10/h3-6H,2,7-8H2,1H3,(H,15,16). The summed E-state index contributed by atoms with van der Waals surface area (Å²) in [6, 6.07) is 6.11. The molecule has 0 amide bonds. The van der Waals surface area contributed by atoms with E-state index < -0.39 is 11.5 Å². The molecule has 1 aliphatic rings. The van der Waals surface area contributed by atoms with E-state index in [0.29, 0.717) is 6.42 Å². The molecule has 1 atom stereocenters. The van der Waals surface area contributed by atoms with Gasteiger partial charge in [-0.3, -0.25) is 4.79 Å². The molecule has 1 heterocycles. The van der Waals surface area contributed by atoms with Crippen molar-refractivity contribution in [2.45, 2.75) is 30.2 Å². The van der Waals surface area contributed by atoms with E-state index in [1.807, 2.05) is 4.31 Å². The van der Waals surface area contributed by atoms with E-state index in [9.17, 15) is 14.3 Å². The second-order valence-electron chi connectivity index (χ2n) is 4.33. The molecule has 2 rings (SSSR count). The van der Waals surface area contributed by atoms with Crippen molar-refractivity contribution in [3.63, 3.8) is 0 Å². The van der Waals surface area contributed by atoms with Gasteiger partial charge in [0, 0.05) is 11.4 Å². The largest absolute Gasteiger partial charge is 0.480 e. The zero-order valence-corrected chi connectivity index (χ0v) is 10.3. The average molecular weight is 255 g/mol. The molecule has 1 aromatic carbocycles. The second-order valence-corrected chi connectivity index (χ2v) is 5.42. The zero-order valence-electron chi connectivity index (χ0n) is 9.52. The molecule has 1 N–H and O–H groups in total. The molecule has 0 saturated carbocycles. The summed E-state index contributed by atoms with van der Waals surface area (Å²) in [6.45, 7) is 2.48. The highest BCUT2D eigenvalue weighted by molar-refractivity contribution is 7.97. The van der Waals surface area contributed by atoms with Crippen LogP contribution in [0.25, 0.3) is 0 Å². The van der Waals surface area contributed by atoms with Crippen LogP contribution in [-0.2, 0) is 4.79 Å². The number of carbonyl (C=O) groups is 1. The van der Waals surface area contributed by atoms with Crippen molar-refractivity contribution in [1.29, 1.82) is 0 Å². The molecule has 0 bridgehead atoms. The summed E-state index contributed by atoms with van der Waals surface area (Å²) >= 11 is 1.38. The van der Waals surface area contributed by atoms with Crippen LogP contribution in [0, 0.1) is 5.82 Å². The fraction of sp³-hybridized carbons (Fsp3) is 0.417. The molecule has 1 fully saturated rings. The Morgan fingerprint density at radius 1 is 1.47 bits per heavy atom. The summed E-state index contributed by atoms with van der Waals surface area (Å²) in [5, 5.41) is 9.25. The minimum atomic E-state index is -0.820. The maximum atomic E-state index is 12.8. The van der Waals surface area contributed by atoms with Crippen LogP contribution >= 0.6 is 11.9 Å². The molecule has 17 heavy (non-hydrogen) atoms. The maximum Gasteiger partial charge on any atom is 0.324 e. The van der Waals surface area contributed by atoms with E-state index in [-0.39, 0.29) is 5.82 Å². The van der Waals surface area contributed by atoms with Crippen LogP contribution < -0.4 is 0 Å². The molecule has 1 saturated heterocycles. The molecule has 0 aromatic heterocycles. The first-order valence-corrected chi connectivity index (χ1v) is 6.24. The summed E-state index contributed by atoms with van der Waals surface area (Å²) in [7, 11) is 0. The van der Waals surface area contributed by atoms with Gasteiger partial charge in [0.2, 0.25) is 0 Å². The van der Waals surface area contributed by atoms with Crippen LogP contribution in [0.5, 0.6) is 0 Å². The maximum absolute atomic E-state index is 12.8. The molecular formula is C12H14FNO2S. The zero-order chi connectivity index (χ0) is 12.5. The molecule has 0 aliphatic carbocycles. The van der Waals surface area contributed by atoms with Crippen molar-refractivity contribution in [3.8, 4) is 0 Å². The van der Waals surface area contributed by atoms with Gasteiger partial charge in [-0.15, -0.1) is 0 Å². The van der Waals surface area contributed by atoms with E-state index in [1.165, 1.54) is 24.1 Å². The third-order valence-electron chi connectivity index (χ3n) is 3.07. The van der Waals surface area contributed by atoms with Gasteiger partial charge in [0.1, 0.15) is 11.4 Å². The number of aliphatic carboxylic acids is 1. The Hall–Kier alpha value is -1.07. The Kier molecular flexibility index (Phi) is 3.40. The van der Waals surface area contributed by atoms with Crippen LogP contribution in [-0.4, -0.2) is 27.5 Å². The minimum absolute atomic E-state index is 0.281. The quantitative estimate of drug-likeness (QED) is 0.843. The Morgan fingerprint density at radius 2 is 2.12 bits per heavy atom. The number of halogens is 1. The van der Waals surface area contributed by atoms with Crippen LogP contribution in [0.1, 0.15) is 19.8 Å². The average Bonchev–Trinajstić information content (AvgIpc) is 2.65. The number of hydrogen-bond acceptors (Lipinski definition) is 3. The van der Waals surface area contributed by atoms with E-state index in [1.54, 1.807) is 19.1 Å². The van der Waals surface area contributed by atoms with Crippen molar-refractivity contribution in [2.75, 3.05) is 6.54 Å². The number of hydrogen-bond donors (Lipinski definition) is 1. The normalized spacial score (nSPS) is 25.1. The molecule has 92 valence electrons. The van der Waals surface area contributed by atoms with Gasteiger partial charge in [-0.25, -0.2) is 8.70 Å². The predicted octanol–water partition coefficient (Wildman–Crippen LogP) is 2.77. The first-order chi connectivity index (χ1) is 8.02. The van der Waals surface area contributed by atoms with Crippen molar-refractivity contribution in [2.24, 2.45) is 0 Å². The van der Waals surface area contributed by atoms with Crippen LogP contribution in [0.15, 0.2) is 29.2 Å². The third-order valence-corrected chi connectivity index (χ3v) is 4.35. The van der Waals surface area contributed by atoms with Crippen LogP contribution in [0.2, 0.25) is 0 Å². The molecule has 3 nitrogen and oxygen atoms in total. The topological polar surface area (TPSA) is 40.5 Å². The van der Waals surface area contributed by atoms with Crippen LogP contribution in [0.4, 0.5) is 4.39 Å². The van der Waals surface area contributed by atoms with Gasteiger partial charge in [0.15, 0.2) is 0 Å². The third kappa shape index (κ3) is 2.45. The lowest BCUT2D eigenvalue weighted by Crippen LogP contribution is -2.44. The van der Waals surface area contributed by atoms with Crippen molar-refractivity contribution in [1.82, 2.24) is 4.31 Å². The van der Waals surface area contributed by atoms with Gasteiger partial charge in [0.05, 0.1) is 0 Å². The van der Waals surface area contributed by atoms with Crippen molar-refractivity contribution >= 4 is 17.9 Å². The first-order valence-electron chi connectivity index (χ1n) is 5.47. The van der Waals surface area contributed by atoms with E-state index in [2.05, 4.69) is 0 Å². The highest BCUT2D eigenvalue weighted by atomic mass is 32.2. The number of carboxylic acid groups (broad SMARTS) is 1. The van der Waals surface area contributed by atoms with Gasteiger partial charge in [-0.05, 0) is 56.0 Å². The summed E-state index contributed by atoms with van der Waals surface area (Å²) in [5.74, 6) is -1.08. The van der Waals surface area contributed by atoms with E-state index in [4.69, 9.17) is 0 Å². The Bertz CT molecular complexity index is 423. The first kappa shape index (κ1) is 12.4. The molecule has 0 radical (unpaired) electrons. The van der Waals surface area contributed by atoms with E-state index in [0.717, 1.165) is 17.9 Å². The van der Waals surface area contributed by atoms with Gasteiger partial charge in [-0.2, -0.15) is 0 Å². The number of rotatable bonds is 3. The lowest BCUT2D eigenvalue weighted by atomic mass is 10.0. The highest BCUT2D eigenvalue weighted by Crippen LogP contribution is 2.38.